The molecule has 1 aromatic heterocycles. The van der Waals surface area contributed by atoms with Crippen molar-refractivity contribution in [2.24, 2.45) is 0 Å². The van der Waals surface area contributed by atoms with E-state index in [1.807, 2.05) is 25.3 Å². The standard InChI is InChI=1S/C12H15N/c1-3-5-11(2)7-8-12-6-4-9-13-10-12/h3-6,9-10H,2,7-8H2,1H3/b5-3-. The molecule has 1 heteroatoms. The molecule has 1 rings (SSSR count). The highest BCUT2D eigenvalue weighted by Crippen LogP contribution is 2.07. The third-order valence-corrected chi connectivity index (χ3v) is 1.86. The zero-order chi connectivity index (χ0) is 9.52. The van der Waals surface area contributed by atoms with Crippen molar-refractivity contribution in [1.82, 2.24) is 4.98 Å². The van der Waals surface area contributed by atoms with Gasteiger partial charge in [-0.1, -0.05) is 30.4 Å². The summed E-state index contributed by atoms with van der Waals surface area (Å²) in [5.74, 6) is 0. The summed E-state index contributed by atoms with van der Waals surface area (Å²) in [5, 5.41) is 0. The molecule has 0 aromatic carbocycles. The van der Waals surface area contributed by atoms with Crippen molar-refractivity contribution in [2.45, 2.75) is 19.8 Å². The number of nitrogens with zero attached hydrogens (tertiary/aromatic N) is 1. The first-order valence-electron chi connectivity index (χ1n) is 4.52. The summed E-state index contributed by atoms with van der Waals surface area (Å²) in [7, 11) is 0. The average Bonchev–Trinajstić information content (AvgIpc) is 2.17. The molecule has 0 spiro atoms. The van der Waals surface area contributed by atoms with E-state index in [1.165, 1.54) is 11.1 Å². The lowest BCUT2D eigenvalue weighted by Crippen LogP contribution is -1.86. The van der Waals surface area contributed by atoms with Crippen LogP contribution < -0.4 is 0 Å². The van der Waals surface area contributed by atoms with E-state index in [4.69, 9.17) is 0 Å². The van der Waals surface area contributed by atoms with E-state index in [0.29, 0.717) is 0 Å². The summed E-state index contributed by atoms with van der Waals surface area (Å²) >= 11 is 0. The Morgan fingerprint density at radius 2 is 2.46 bits per heavy atom. The Bertz CT molecular complexity index is 285. The molecule has 0 saturated heterocycles. The maximum absolute atomic E-state index is 4.06. The van der Waals surface area contributed by atoms with E-state index in [-0.39, 0.29) is 0 Å². The van der Waals surface area contributed by atoms with Crippen molar-refractivity contribution in [1.29, 1.82) is 0 Å². The molecule has 0 N–H and O–H groups in total. The van der Waals surface area contributed by atoms with Crippen LogP contribution >= 0.6 is 0 Å². The fraction of sp³-hybridized carbons (Fsp3) is 0.250. The second-order valence-electron chi connectivity index (χ2n) is 3.02. The van der Waals surface area contributed by atoms with Crippen molar-refractivity contribution in [3.05, 3.63) is 54.4 Å². The van der Waals surface area contributed by atoms with Gasteiger partial charge in [0.1, 0.15) is 0 Å². The lowest BCUT2D eigenvalue weighted by atomic mass is 10.1. The number of hydrogen-bond donors (Lipinski definition) is 0. The Balaban J connectivity index is 2.40. The predicted molar refractivity (Wildman–Crippen MR) is 56.5 cm³/mol. The fourth-order valence-electron chi connectivity index (χ4n) is 1.17. The number of rotatable bonds is 4. The van der Waals surface area contributed by atoms with Crippen LogP contribution in [0.1, 0.15) is 18.9 Å². The highest BCUT2D eigenvalue weighted by Gasteiger charge is 1.92. The minimum absolute atomic E-state index is 1.01. The third kappa shape index (κ3) is 3.70. The molecular weight excluding hydrogens is 158 g/mol. The second kappa shape index (κ2) is 5.31. The van der Waals surface area contributed by atoms with Gasteiger partial charge in [0.25, 0.3) is 0 Å². The van der Waals surface area contributed by atoms with Crippen molar-refractivity contribution in [3.8, 4) is 0 Å². The molecule has 1 heterocycles. The SMILES string of the molecule is C=C(/C=C\C)CCc1cccnc1. The van der Waals surface area contributed by atoms with Gasteiger partial charge in [-0.15, -0.1) is 0 Å². The van der Waals surface area contributed by atoms with Gasteiger partial charge < -0.3 is 0 Å². The van der Waals surface area contributed by atoms with Gasteiger partial charge in [0.2, 0.25) is 0 Å². The summed E-state index contributed by atoms with van der Waals surface area (Å²) in [6.45, 7) is 5.96. The molecule has 0 fully saturated rings. The van der Waals surface area contributed by atoms with Crippen LogP contribution in [0.25, 0.3) is 0 Å². The molecule has 0 unspecified atom stereocenters. The van der Waals surface area contributed by atoms with Crippen LogP contribution in [0.2, 0.25) is 0 Å². The Kier molecular flexibility index (Phi) is 3.97. The lowest BCUT2D eigenvalue weighted by molar-refractivity contribution is 0.958. The van der Waals surface area contributed by atoms with Crippen molar-refractivity contribution in [3.63, 3.8) is 0 Å². The Morgan fingerprint density at radius 1 is 1.62 bits per heavy atom. The largest absolute Gasteiger partial charge is 0.264 e. The Labute approximate surface area is 79.8 Å². The zero-order valence-corrected chi connectivity index (χ0v) is 8.03. The van der Waals surface area contributed by atoms with Gasteiger partial charge in [0.15, 0.2) is 0 Å². The van der Waals surface area contributed by atoms with Crippen molar-refractivity contribution >= 4 is 0 Å². The van der Waals surface area contributed by atoms with Crippen LogP contribution in [0.3, 0.4) is 0 Å². The first kappa shape index (κ1) is 9.72. The molecule has 0 aliphatic carbocycles. The molecular formula is C12H15N. The van der Waals surface area contributed by atoms with Gasteiger partial charge >= 0.3 is 0 Å². The summed E-state index contributed by atoms with van der Waals surface area (Å²) in [6, 6.07) is 4.06. The third-order valence-electron chi connectivity index (χ3n) is 1.86. The summed E-state index contributed by atoms with van der Waals surface area (Å²) in [5.41, 5.74) is 2.44. The van der Waals surface area contributed by atoms with Crippen LogP contribution in [0.5, 0.6) is 0 Å². The second-order valence-corrected chi connectivity index (χ2v) is 3.02. The average molecular weight is 173 g/mol. The van der Waals surface area contributed by atoms with E-state index in [1.54, 1.807) is 6.20 Å². The molecule has 0 saturated carbocycles. The quantitative estimate of drug-likeness (QED) is 0.637. The van der Waals surface area contributed by atoms with Crippen molar-refractivity contribution in [2.75, 3.05) is 0 Å². The molecule has 0 aliphatic heterocycles. The summed E-state index contributed by atoms with van der Waals surface area (Å²) in [4.78, 5) is 4.06. The Morgan fingerprint density at radius 3 is 3.08 bits per heavy atom. The number of pyridine rings is 1. The zero-order valence-electron chi connectivity index (χ0n) is 8.03. The summed E-state index contributed by atoms with van der Waals surface area (Å²) in [6.07, 6.45) is 9.81. The number of aromatic nitrogens is 1. The monoisotopic (exact) mass is 173 g/mol. The number of aryl methyl sites for hydroxylation is 1. The molecule has 1 aromatic rings. The van der Waals surface area contributed by atoms with Crippen LogP contribution in [0, 0.1) is 0 Å². The van der Waals surface area contributed by atoms with Gasteiger partial charge in [0, 0.05) is 12.4 Å². The minimum Gasteiger partial charge on any atom is -0.264 e. The maximum atomic E-state index is 4.06. The minimum atomic E-state index is 1.01. The predicted octanol–water partition coefficient (Wildman–Crippen LogP) is 3.15. The molecule has 0 atom stereocenters. The van der Waals surface area contributed by atoms with E-state index in [2.05, 4.69) is 23.7 Å². The first-order chi connectivity index (χ1) is 6.33. The van der Waals surface area contributed by atoms with Crippen LogP contribution in [-0.4, -0.2) is 4.98 Å². The number of hydrogen-bond acceptors (Lipinski definition) is 1. The van der Waals surface area contributed by atoms with E-state index >= 15 is 0 Å². The molecule has 0 radical (unpaired) electrons. The molecule has 0 amide bonds. The Hall–Kier alpha value is -1.37. The molecule has 1 nitrogen and oxygen atoms in total. The smallest absolute Gasteiger partial charge is 0.0299 e. The highest BCUT2D eigenvalue weighted by molar-refractivity contribution is 5.17. The van der Waals surface area contributed by atoms with Gasteiger partial charge in [-0.25, -0.2) is 0 Å². The van der Waals surface area contributed by atoms with Gasteiger partial charge in [-0.2, -0.15) is 0 Å². The fourth-order valence-corrected chi connectivity index (χ4v) is 1.17. The first-order valence-corrected chi connectivity index (χ1v) is 4.52. The van der Waals surface area contributed by atoms with Gasteiger partial charge in [-0.3, -0.25) is 4.98 Å². The van der Waals surface area contributed by atoms with Crippen LogP contribution in [0.15, 0.2) is 48.8 Å². The molecule has 0 bridgehead atoms. The van der Waals surface area contributed by atoms with Crippen molar-refractivity contribution < 1.29 is 0 Å². The lowest BCUT2D eigenvalue weighted by Gasteiger charge is -1.99. The maximum Gasteiger partial charge on any atom is 0.0299 e. The molecule has 0 aliphatic rings. The van der Waals surface area contributed by atoms with Gasteiger partial charge in [0.05, 0.1) is 0 Å². The topological polar surface area (TPSA) is 12.9 Å². The van der Waals surface area contributed by atoms with Crippen LogP contribution in [0.4, 0.5) is 0 Å². The molecule has 13 heavy (non-hydrogen) atoms. The van der Waals surface area contributed by atoms with Gasteiger partial charge in [-0.05, 0) is 31.4 Å². The van der Waals surface area contributed by atoms with E-state index in [0.717, 1.165) is 12.8 Å². The molecule has 68 valence electrons. The van der Waals surface area contributed by atoms with Crippen LogP contribution in [-0.2, 0) is 6.42 Å². The number of allylic oxidation sites excluding steroid dienone is 3. The highest BCUT2D eigenvalue weighted by atomic mass is 14.6. The van der Waals surface area contributed by atoms with E-state index in [9.17, 15) is 0 Å². The van der Waals surface area contributed by atoms with E-state index < -0.39 is 0 Å². The summed E-state index contributed by atoms with van der Waals surface area (Å²) < 4.78 is 0. The normalized spacial score (nSPS) is 10.5.